The van der Waals surface area contributed by atoms with Crippen molar-refractivity contribution in [3.8, 4) is 12.3 Å². The van der Waals surface area contributed by atoms with Gasteiger partial charge in [-0.15, -0.1) is 6.42 Å². The van der Waals surface area contributed by atoms with Crippen LogP contribution in [-0.2, 0) is 6.42 Å². The first-order valence-electron chi connectivity index (χ1n) is 4.41. The van der Waals surface area contributed by atoms with Crippen molar-refractivity contribution in [2.24, 2.45) is 0 Å². The highest BCUT2D eigenvalue weighted by Gasteiger charge is 2.08. The Hall–Kier alpha value is -1.27. The monoisotopic (exact) mass is 209 g/mol. The van der Waals surface area contributed by atoms with Gasteiger partial charge in [-0.1, -0.05) is 24.4 Å². The van der Waals surface area contributed by atoms with Crippen LogP contribution in [0.15, 0.2) is 6.33 Å². The summed E-state index contributed by atoms with van der Waals surface area (Å²) in [5.41, 5.74) is 0.899. The Bertz CT molecular complexity index is 357. The van der Waals surface area contributed by atoms with Gasteiger partial charge in [0.2, 0.25) is 0 Å². The predicted octanol–water partition coefficient (Wildman–Crippen LogP) is 2.13. The Morgan fingerprint density at radius 1 is 1.64 bits per heavy atom. The number of hydrogen-bond donors (Lipinski definition) is 1. The van der Waals surface area contributed by atoms with Crippen molar-refractivity contribution < 1.29 is 0 Å². The van der Waals surface area contributed by atoms with E-state index in [1.807, 2.05) is 13.8 Å². The minimum Gasteiger partial charge on any atom is -0.356 e. The standard InChI is InChI=1S/C10H12ClN3/c1-4-7(3)14-10-8(5-2)9(11)12-6-13-10/h1,6-7H,5H2,2-3H3,(H,12,13,14). The van der Waals surface area contributed by atoms with Gasteiger partial charge in [-0.25, -0.2) is 9.97 Å². The number of halogens is 1. The maximum atomic E-state index is 5.91. The number of nitrogens with one attached hydrogen (secondary N) is 1. The highest BCUT2D eigenvalue weighted by molar-refractivity contribution is 6.30. The molecular weight excluding hydrogens is 198 g/mol. The van der Waals surface area contributed by atoms with Crippen molar-refractivity contribution in [1.29, 1.82) is 0 Å². The molecule has 1 aromatic rings. The van der Waals surface area contributed by atoms with Gasteiger partial charge in [-0.05, 0) is 13.3 Å². The molecule has 1 rings (SSSR count). The molecule has 74 valence electrons. The Morgan fingerprint density at radius 2 is 2.36 bits per heavy atom. The summed E-state index contributed by atoms with van der Waals surface area (Å²) < 4.78 is 0. The van der Waals surface area contributed by atoms with E-state index in [0.717, 1.165) is 17.8 Å². The van der Waals surface area contributed by atoms with Crippen LogP contribution >= 0.6 is 11.6 Å². The van der Waals surface area contributed by atoms with Gasteiger partial charge in [0.15, 0.2) is 0 Å². The molecule has 0 fully saturated rings. The summed E-state index contributed by atoms with van der Waals surface area (Å²) in [7, 11) is 0. The third kappa shape index (κ3) is 2.36. The second-order valence-corrected chi connectivity index (χ2v) is 3.24. The van der Waals surface area contributed by atoms with Gasteiger partial charge in [0.25, 0.3) is 0 Å². The van der Waals surface area contributed by atoms with Crippen LogP contribution in [0.1, 0.15) is 19.4 Å². The topological polar surface area (TPSA) is 37.8 Å². The molecule has 1 heterocycles. The first kappa shape index (κ1) is 10.8. The van der Waals surface area contributed by atoms with Crippen molar-refractivity contribution in [2.45, 2.75) is 26.3 Å². The van der Waals surface area contributed by atoms with Gasteiger partial charge in [-0.3, -0.25) is 0 Å². The average molecular weight is 210 g/mol. The largest absolute Gasteiger partial charge is 0.356 e. The molecule has 0 saturated carbocycles. The van der Waals surface area contributed by atoms with E-state index >= 15 is 0 Å². The maximum absolute atomic E-state index is 5.91. The van der Waals surface area contributed by atoms with E-state index < -0.39 is 0 Å². The number of anilines is 1. The molecule has 0 aromatic carbocycles. The van der Waals surface area contributed by atoms with Crippen molar-refractivity contribution in [3.63, 3.8) is 0 Å². The highest BCUT2D eigenvalue weighted by atomic mass is 35.5. The lowest BCUT2D eigenvalue weighted by Crippen LogP contribution is -2.15. The second kappa shape index (κ2) is 4.83. The summed E-state index contributed by atoms with van der Waals surface area (Å²) in [6.45, 7) is 3.88. The third-order valence-corrected chi connectivity index (χ3v) is 2.18. The van der Waals surface area contributed by atoms with Crippen LogP contribution in [0.3, 0.4) is 0 Å². The first-order chi connectivity index (χ1) is 6.69. The first-order valence-corrected chi connectivity index (χ1v) is 4.78. The Balaban J connectivity index is 2.97. The Labute approximate surface area is 88.9 Å². The quantitative estimate of drug-likeness (QED) is 0.612. The van der Waals surface area contributed by atoms with E-state index in [9.17, 15) is 0 Å². The molecule has 0 bridgehead atoms. The number of rotatable bonds is 3. The molecule has 0 radical (unpaired) electrons. The lowest BCUT2D eigenvalue weighted by molar-refractivity contribution is 0.970. The summed E-state index contributed by atoms with van der Waals surface area (Å²) in [5, 5.41) is 3.56. The molecule has 0 amide bonds. The van der Waals surface area contributed by atoms with Crippen LogP contribution in [0.25, 0.3) is 0 Å². The van der Waals surface area contributed by atoms with Crippen molar-refractivity contribution >= 4 is 17.4 Å². The number of nitrogens with zero attached hydrogens (tertiary/aromatic N) is 2. The fourth-order valence-corrected chi connectivity index (χ4v) is 1.34. The maximum Gasteiger partial charge on any atom is 0.137 e. The fraction of sp³-hybridized carbons (Fsp3) is 0.400. The molecule has 0 saturated heterocycles. The summed E-state index contributed by atoms with van der Waals surface area (Å²) in [5.74, 6) is 3.29. The van der Waals surface area contributed by atoms with Gasteiger partial charge >= 0.3 is 0 Å². The van der Waals surface area contributed by atoms with Gasteiger partial charge in [0.1, 0.15) is 17.3 Å². The zero-order valence-electron chi connectivity index (χ0n) is 8.21. The lowest BCUT2D eigenvalue weighted by Gasteiger charge is -2.12. The third-order valence-electron chi connectivity index (χ3n) is 1.85. The molecule has 0 aliphatic rings. The molecule has 0 spiro atoms. The second-order valence-electron chi connectivity index (χ2n) is 2.88. The normalized spacial score (nSPS) is 11.9. The van der Waals surface area contributed by atoms with Crippen LogP contribution in [0.5, 0.6) is 0 Å². The number of terminal acetylenes is 1. The van der Waals surface area contributed by atoms with E-state index in [2.05, 4.69) is 21.2 Å². The molecule has 1 aromatic heterocycles. The molecular formula is C10H12ClN3. The van der Waals surface area contributed by atoms with Crippen molar-refractivity contribution in [1.82, 2.24) is 9.97 Å². The molecule has 3 nitrogen and oxygen atoms in total. The van der Waals surface area contributed by atoms with Gasteiger partial charge in [-0.2, -0.15) is 0 Å². The summed E-state index contributed by atoms with van der Waals surface area (Å²) in [4.78, 5) is 8.00. The predicted molar refractivity (Wildman–Crippen MR) is 58.3 cm³/mol. The molecule has 1 atom stereocenters. The zero-order chi connectivity index (χ0) is 10.6. The van der Waals surface area contributed by atoms with Gasteiger partial charge < -0.3 is 5.32 Å². The van der Waals surface area contributed by atoms with Gasteiger partial charge in [0.05, 0.1) is 6.04 Å². The molecule has 1 unspecified atom stereocenters. The van der Waals surface area contributed by atoms with E-state index in [1.54, 1.807) is 0 Å². The molecule has 0 aliphatic heterocycles. The molecule has 4 heteroatoms. The lowest BCUT2D eigenvalue weighted by atomic mass is 10.2. The van der Waals surface area contributed by atoms with Gasteiger partial charge in [0, 0.05) is 5.56 Å². The Kier molecular flexibility index (Phi) is 3.73. The minimum absolute atomic E-state index is 0.0636. The number of hydrogen-bond acceptors (Lipinski definition) is 3. The SMILES string of the molecule is C#CC(C)Nc1ncnc(Cl)c1CC. The van der Waals surface area contributed by atoms with E-state index in [4.69, 9.17) is 18.0 Å². The van der Waals surface area contributed by atoms with Crippen LogP contribution in [0.2, 0.25) is 5.15 Å². The van der Waals surface area contributed by atoms with Crippen LogP contribution in [0, 0.1) is 12.3 Å². The molecule has 1 N–H and O–H groups in total. The molecule has 14 heavy (non-hydrogen) atoms. The highest BCUT2D eigenvalue weighted by Crippen LogP contribution is 2.20. The van der Waals surface area contributed by atoms with Crippen LogP contribution < -0.4 is 5.32 Å². The van der Waals surface area contributed by atoms with E-state index in [-0.39, 0.29) is 6.04 Å². The minimum atomic E-state index is -0.0636. The Morgan fingerprint density at radius 3 is 2.93 bits per heavy atom. The van der Waals surface area contributed by atoms with Crippen molar-refractivity contribution in [3.05, 3.63) is 17.0 Å². The summed E-state index contributed by atoms with van der Waals surface area (Å²) in [6.07, 6.45) is 7.46. The molecule has 0 aliphatic carbocycles. The van der Waals surface area contributed by atoms with Crippen molar-refractivity contribution in [2.75, 3.05) is 5.32 Å². The smallest absolute Gasteiger partial charge is 0.137 e. The summed E-state index contributed by atoms with van der Waals surface area (Å²) in [6, 6.07) is -0.0636. The number of aromatic nitrogens is 2. The fourth-order valence-electron chi connectivity index (χ4n) is 1.08. The zero-order valence-corrected chi connectivity index (χ0v) is 8.97. The van der Waals surface area contributed by atoms with E-state index in [0.29, 0.717) is 5.15 Å². The van der Waals surface area contributed by atoms with E-state index in [1.165, 1.54) is 6.33 Å². The summed E-state index contributed by atoms with van der Waals surface area (Å²) >= 11 is 5.91. The average Bonchev–Trinajstić information content (AvgIpc) is 2.18. The van der Waals surface area contributed by atoms with Crippen LogP contribution in [-0.4, -0.2) is 16.0 Å². The van der Waals surface area contributed by atoms with Crippen LogP contribution in [0.4, 0.5) is 5.82 Å².